The van der Waals surface area contributed by atoms with Crippen LogP contribution in [0, 0.1) is 5.82 Å². The van der Waals surface area contributed by atoms with Gasteiger partial charge in [0.2, 0.25) is 0 Å². The van der Waals surface area contributed by atoms with E-state index in [0.29, 0.717) is 11.6 Å². The Morgan fingerprint density at radius 1 is 1.00 bits per heavy atom. The first-order chi connectivity index (χ1) is 11.6. The number of nitrogens with zero attached hydrogens (tertiary/aromatic N) is 2. The van der Waals surface area contributed by atoms with Gasteiger partial charge >= 0.3 is 0 Å². The van der Waals surface area contributed by atoms with Crippen molar-refractivity contribution in [1.29, 1.82) is 0 Å². The molecule has 0 unspecified atom stereocenters. The molecule has 128 valence electrons. The van der Waals surface area contributed by atoms with Crippen LogP contribution in [0.2, 0.25) is 5.02 Å². The van der Waals surface area contributed by atoms with Gasteiger partial charge in [-0.2, -0.15) is 0 Å². The van der Waals surface area contributed by atoms with Crippen molar-refractivity contribution in [3.05, 3.63) is 70.5 Å². The molecule has 24 heavy (non-hydrogen) atoms. The lowest BCUT2D eigenvalue weighted by atomic mass is 10.1. The van der Waals surface area contributed by atoms with Crippen LogP contribution in [0.4, 0.5) is 4.39 Å². The van der Waals surface area contributed by atoms with Crippen molar-refractivity contribution in [1.82, 2.24) is 9.80 Å². The molecule has 0 aliphatic carbocycles. The molecule has 1 saturated heterocycles. The summed E-state index contributed by atoms with van der Waals surface area (Å²) in [4.78, 5) is 4.63. The molecule has 0 aromatic heterocycles. The first kappa shape index (κ1) is 17.4. The minimum atomic E-state index is -0.521. The zero-order valence-corrected chi connectivity index (χ0v) is 14.3. The topological polar surface area (TPSA) is 26.7 Å². The maximum Gasteiger partial charge on any atom is 0.123 e. The fourth-order valence-corrected chi connectivity index (χ4v) is 3.24. The Bertz CT molecular complexity index is 657. The summed E-state index contributed by atoms with van der Waals surface area (Å²) in [5.41, 5.74) is 1.99. The van der Waals surface area contributed by atoms with Crippen molar-refractivity contribution < 1.29 is 9.50 Å². The molecule has 2 aromatic carbocycles. The van der Waals surface area contributed by atoms with Crippen LogP contribution in [0.1, 0.15) is 17.2 Å². The van der Waals surface area contributed by atoms with Crippen molar-refractivity contribution in [2.45, 2.75) is 12.6 Å². The number of β-amino-alcohol motifs (C(OH)–C–C–N with tert-alkyl or cyclic N) is 1. The van der Waals surface area contributed by atoms with E-state index in [1.165, 1.54) is 12.1 Å². The van der Waals surface area contributed by atoms with Gasteiger partial charge in [-0.05, 0) is 35.4 Å². The number of aliphatic hydroxyl groups excluding tert-OH is 1. The molecule has 0 saturated carbocycles. The Hall–Kier alpha value is -1.46. The summed E-state index contributed by atoms with van der Waals surface area (Å²) in [6.45, 7) is 5.17. The molecule has 0 radical (unpaired) electrons. The highest BCUT2D eigenvalue weighted by Gasteiger charge is 2.20. The maximum atomic E-state index is 13.0. The van der Waals surface area contributed by atoms with E-state index in [0.717, 1.165) is 43.9 Å². The van der Waals surface area contributed by atoms with Gasteiger partial charge in [0, 0.05) is 44.3 Å². The van der Waals surface area contributed by atoms with Crippen LogP contribution in [0.15, 0.2) is 48.5 Å². The van der Waals surface area contributed by atoms with Crippen molar-refractivity contribution in [3.63, 3.8) is 0 Å². The third-order valence-electron chi connectivity index (χ3n) is 4.45. The minimum absolute atomic E-state index is 0.196. The monoisotopic (exact) mass is 348 g/mol. The van der Waals surface area contributed by atoms with Gasteiger partial charge in [0.05, 0.1) is 6.10 Å². The number of halogens is 2. The van der Waals surface area contributed by atoms with Crippen LogP contribution in [-0.4, -0.2) is 47.6 Å². The zero-order chi connectivity index (χ0) is 16.9. The molecule has 5 heteroatoms. The molecule has 0 spiro atoms. The Balaban J connectivity index is 1.47. The number of hydrogen-bond donors (Lipinski definition) is 1. The summed E-state index contributed by atoms with van der Waals surface area (Å²) in [5, 5.41) is 11.0. The summed E-state index contributed by atoms with van der Waals surface area (Å²) in [6.07, 6.45) is -0.521. The van der Waals surface area contributed by atoms with Gasteiger partial charge in [0.25, 0.3) is 0 Å². The fourth-order valence-electron chi connectivity index (χ4n) is 3.04. The summed E-state index contributed by atoms with van der Waals surface area (Å²) < 4.78 is 13.0. The van der Waals surface area contributed by atoms with E-state index in [2.05, 4.69) is 9.80 Å². The van der Waals surface area contributed by atoms with Crippen LogP contribution in [0.3, 0.4) is 0 Å². The highest BCUT2D eigenvalue weighted by molar-refractivity contribution is 6.30. The lowest BCUT2D eigenvalue weighted by molar-refractivity contribution is 0.0701. The second-order valence-electron chi connectivity index (χ2n) is 6.27. The van der Waals surface area contributed by atoms with Crippen LogP contribution in [-0.2, 0) is 6.54 Å². The predicted octanol–water partition coefficient (Wildman–Crippen LogP) is 3.33. The van der Waals surface area contributed by atoms with Gasteiger partial charge in [-0.15, -0.1) is 0 Å². The molecular formula is C19H22ClFN2O. The van der Waals surface area contributed by atoms with Gasteiger partial charge in [0.15, 0.2) is 0 Å². The Kier molecular flexibility index (Phi) is 5.85. The number of aliphatic hydroxyl groups is 1. The largest absolute Gasteiger partial charge is 0.387 e. The second kappa shape index (κ2) is 8.08. The molecular weight excluding hydrogens is 327 g/mol. The van der Waals surface area contributed by atoms with E-state index in [4.69, 9.17) is 11.6 Å². The van der Waals surface area contributed by atoms with Crippen molar-refractivity contribution >= 4 is 11.6 Å². The first-order valence-electron chi connectivity index (χ1n) is 8.23. The third kappa shape index (κ3) is 4.77. The molecule has 0 amide bonds. The van der Waals surface area contributed by atoms with Gasteiger partial charge in [-0.3, -0.25) is 9.80 Å². The summed E-state index contributed by atoms with van der Waals surface area (Å²) in [6, 6.07) is 14.1. The van der Waals surface area contributed by atoms with Crippen molar-refractivity contribution in [3.8, 4) is 0 Å². The standard InChI is InChI=1S/C19H22ClFN2O/c20-17-3-1-2-16(12-17)19(24)14-23-10-8-22(9-11-23)13-15-4-6-18(21)7-5-15/h1-7,12,19,24H,8-11,13-14H2/t19-/m0/s1. The number of benzene rings is 2. The average Bonchev–Trinajstić information content (AvgIpc) is 2.59. The normalized spacial score (nSPS) is 17.8. The van der Waals surface area contributed by atoms with Crippen LogP contribution in [0.5, 0.6) is 0 Å². The first-order valence-corrected chi connectivity index (χ1v) is 8.60. The van der Waals surface area contributed by atoms with Crippen LogP contribution < -0.4 is 0 Å². The van der Waals surface area contributed by atoms with Gasteiger partial charge < -0.3 is 5.11 Å². The quantitative estimate of drug-likeness (QED) is 0.897. The number of piperazine rings is 1. The van der Waals surface area contributed by atoms with E-state index < -0.39 is 6.10 Å². The zero-order valence-electron chi connectivity index (χ0n) is 13.5. The second-order valence-corrected chi connectivity index (χ2v) is 6.71. The van der Waals surface area contributed by atoms with E-state index in [-0.39, 0.29) is 5.82 Å². The molecule has 1 atom stereocenters. The maximum absolute atomic E-state index is 13.0. The molecule has 1 N–H and O–H groups in total. The Labute approximate surface area is 147 Å². The average molecular weight is 349 g/mol. The van der Waals surface area contributed by atoms with Gasteiger partial charge in [0.1, 0.15) is 5.82 Å². The van der Waals surface area contributed by atoms with Gasteiger partial charge in [-0.25, -0.2) is 4.39 Å². The van der Waals surface area contributed by atoms with Crippen LogP contribution >= 0.6 is 11.6 Å². The fraction of sp³-hybridized carbons (Fsp3) is 0.368. The van der Waals surface area contributed by atoms with E-state index >= 15 is 0 Å². The lowest BCUT2D eigenvalue weighted by Gasteiger charge is -2.35. The number of hydrogen-bond acceptors (Lipinski definition) is 3. The van der Waals surface area contributed by atoms with Crippen molar-refractivity contribution in [2.75, 3.05) is 32.7 Å². The smallest absolute Gasteiger partial charge is 0.123 e. The molecule has 3 nitrogen and oxygen atoms in total. The van der Waals surface area contributed by atoms with E-state index in [1.54, 1.807) is 0 Å². The summed E-state index contributed by atoms with van der Waals surface area (Å²) in [5.74, 6) is -0.196. The van der Waals surface area contributed by atoms with E-state index in [9.17, 15) is 9.50 Å². The molecule has 1 heterocycles. The molecule has 0 bridgehead atoms. The predicted molar refractivity (Wildman–Crippen MR) is 94.5 cm³/mol. The highest BCUT2D eigenvalue weighted by Crippen LogP contribution is 2.19. The Morgan fingerprint density at radius 3 is 2.33 bits per heavy atom. The lowest BCUT2D eigenvalue weighted by Crippen LogP contribution is -2.47. The molecule has 1 fully saturated rings. The summed E-state index contributed by atoms with van der Waals surface area (Å²) in [7, 11) is 0. The third-order valence-corrected chi connectivity index (χ3v) is 4.68. The molecule has 3 rings (SSSR count). The summed E-state index contributed by atoms with van der Waals surface area (Å²) >= 11 is 5.98. The Morgan fingerprint density at radius 2 is 1.67 bits per heavy atom. The number of rotatable bonds is 5. The molecule has 1 aliphatic heterocycles. The van der Waals surface area contributed by atoms with Gasteiger partial charge in [-0.1, -0.05) is 35.9 Å². The minimum Gasteiger partial charge on any atom is -0.387 e. The SMILES string of the molecule is O[C@@H](CN1CCN(Cc2ccc(F)cc2)CC1)c1cccc(Cl)c1. The van der Waals surface area contributed by atoms with Crippen LogP contribution in [0.25, 0.3) is 0 Å². The van der Waals surface area contributed by atoms with E-state index in [1.807, 2.05) is 36.4 Å². The molecule has 1 aliphatic rings. The molecule has 2 aromatic rings. The van der Waals surface area contributed by atoms with Crippen molar-refractivity contribution in [2.24, 2.45) is 0 Å². The highest BCUT2D eigenvalue weighted by atomic mass is 35.5.